The number of sulfone groups is 2. The van der Waals surface area contributed by atoms with E-state index in [0.717, 1.165) is 4.47 Å². The van der Waals surface area contributed by atoms with Gasteiger partial charge in [0.25, 0.3) is 5.91 Å². The van der Waals surface area contributed by atoms with Crippen molar-refractivity contribution in [1.29, 1.82) is 0 Å². The number of anilines is 1. The molecular weight excluding hydrogens is 442 g/mol. The van der Waals surface area contributed by atoms with Crippen molar-refractivity contribution in [3.8, 4) is 0 Å². The first-order valence-electron chi connectivity index (χ1n) is 7.79. The van der Waals surface area contributed by atoms with Gasteiger partial charge < -0.3 is 5.32 Å². The predicted molar refractivity (Wildman–Crippen MR) is 103 cm³/mol. The second-order valence-corrected chi connectivity index (χ2v) is 11.3. The molecule has 2 aromatic rings. The molecule has 0 radical (unpaired) electrons. The Labute approximate surface area is 160 Å². The highest BCUT2D eigenvalue weighted by atomic mass is 79.9. The van der Waals surface area contributed by atoms with Crippen LogP contribution in [0.2, 0.25) is 0 Å². The number of halogens is 1. The topological polar surface area (TPSA) is 97.4 Å². The smallest absolute Gasteiger partial charge is 0.255 e. The number of nitrogens with one attached hydrogen (secondary N) is 1. The average molecular weight is 458 g/mol. The van der Waals surface area contributed by atoms with Gasteiger partial charge in [0, 0.05) is 10.0 Å². The van der Waals surface area contributed by atoms with Crippen LogP contribution in [0, 0.1) is 0 Å². The second-order valence-electron chi connectivity index (χ2n) is 6.03. The molecular formula is C17H16BrNO5S2. The summed E-state index contributed by atoms with van der Waals surface area (Å²) < 4.78 is 49.0. The molecule has 0 aromatic heterocycles. The Morgan fingerprint density at radius 2 is 1.73 bits per heavy atom. The predicted octanol–water partition coefficient (Wildman–Crippen LogP) is 2.66. The largest absolute Gasteiger partial charge is 0.321 e. The first-order valence-corrected chi connectivity index (χ1v) is 12.0. The van der Waals surface area contributed by atoms with E-state index in [4.69, 9.17) is 0 Å². The van der Waals surface area contributed by atoms with Crippen LogP contribution in [0.1, 0.15) is 16.8 Å². The monoisotopic (exact) mass is 457 g/mol. The van der Waals surface area contributed by atoms with Crippen LogP contribution >= 0.6 is 15.9 Å². The van der Waals surface area contributed by atoms with Crippen molar-refractivity contribution in [3.05, 3.63) is 58.6 Å². The number of amides is 1. The lowest BCUT2D eigenvalue weighted by atomic mass is 10.2. The SMILES string of the molecule is O=C(Nc1ccccc1Br)c1ccc(S(=O)(=O)C2CCS(=O)(=O)C2)cc1. The Hall–Kier alpha value is -1.71. The maximum atomic E-state index is 12.6. The lowest BCUT2D eigenvalue weighted by Crippen LogP contribution is -2.23. The molecule has 0 spiro atoms. The van der Waals surface area contributed by atoms with Crippen LogP contribution in [0.25, 0.3) is 0 Å². The summed E-state index contributed by atoms with van der Waals surface area (Å²) in [6.45, 7) is 0. The molecule has 1 saturated heterocycles. The minimum atomic E-state index is -3.74. The first-order chi connectivity index (χ1) is 12.2. The van der Waals surface area contributed by atoms with Crippen LogP contribution in [0.5, 0.6) is 0 Å². The summed E-state index contributed by atoms with van der Waals surface area (Å²) in [6, 6.07) is 12.7. The second kappa shape index (κ2) is 7.13. The lowest BCUT2D eigenvalue weighted by Gasteiger charge is -2.11. The van der Waals surface area contributed by atoms with Crippen molar-refractivity contribution < 1.29 is 21.6 Å². The zero-order chi connectivity index (χ0) is 18.9. The molecule has 1 unspecified atom stereocenters. The molecule has 0 saturated carbocycles. The van der Waals surface area contributed by atoms with Gasteiger partial charge >= 0.3 is 0 Å². The molecule has 1 aliphatic rings. The summed E-state index contributed by atoms with van der Waals surface area (Å²) >= 11 is 3.34. The highest BCUT2D eigenvalue weighted by Crippen LogP contribution is 2.26. The molecule has 1 aliphatic heterocycles. The Bertz CT molecular complexity index is 1050. The molecule has 1 fully saturated rings. The molecule has 1 heterocycles. The molecule has 3 rings (SSSR count). The van der Waals surface area contributed by atoms with Gasteiger partial charge in [0.2, 0.25) is 0 Å². The lowest BCUT2D eigenvalue weighted by molar-refractivity contribution is 0.102. The Morgan fingerprint density at radius 1 is 1.08 bits per heavy atom. The van der Waals surface area contributed by atoms with E-state index in [-0.39, 0.29) is 28.7 Å². The van der Waals surface area contributed by atoms with Gasteiger partial charge in [-0.05, 0) is 58.7 Å². The van der Waals surface area contributed by atoms with E-state index in [9.17, 15) is 21.6 Å². The van der Waals surface area contributed by atoms with Crippen molar-refractivity contribution in [2.24, 2.45) is 0 Å². The molecule has 26 heavy (non-hydrogen) atoms. The zero-order valence-corrected chi connectivity index (χ0v) is 16.8. The number of carbonyl (C=O) groups excluding carboxylic acids is 1. The summed E-state index contributed by atoms with van der Waals surface area (Å²) in [5.74, 6) is -0.826. The van der Waals surface area contributed by atoms with E-state index in [0.29, 0.717) is 11.3 Å². The average Bonchev–Trinajstić information content (AvgIpc) is 2.98. The highest BCUT2D eigenvalue weighted by molar-refractivity contribution is 9.10. The van der Waals surface area contributed by atoms with Gasteiger partial charge in [-0.15, -0.1) is 0 Å². The maximum Gasteiger partial charge on any atom is 0.255 e. The fraction of sp³-hybridized carbons (Fsp3) is 0.235. The van der Waals surface area contributed by atoms with Crippen molar-refractivity contribution in [2.75, 3.05) is 16.8 Å². The quantitative estimate of drug-likeness (QED) is 0.760. The fourth-order valence-corrected chi connectivity index (χ4v) is 7.49. The van der Waals surface area contributed by atoms with Crippen LogP contribution in [-0.2, 0) is 19.7 Å². The molecule has 138 valence electrons. The van der Waals surface area contributed by atoms with Gasteiger partial charge in [0.05, 0.1) is 27.3 Å². The number of hydrogen-bond acceptors (Lipinski definition) is 5. The molecule has 0 aliphatic carbocycles. The summed E-state index contributed by atoms with van der Waals surface area (Å²) in [6.07, 6.45) is 0.106. The normalized spacial score (nSPS) is 19.2. The van der Waals surface area contributed by atoms with E-state index in [1.165, 1.54) is 24.3 Å². The zero-order valence-electron chi connectivity index (χ0n) is 13.6. The standard InChI is InChI=1S/C17H16BrNO5S2/c18-15-3-1-2-4-16(15)19-17(20)12-5-7-13(8-6-12)26(23,24)14-9-10-25(21,22)11-14/h1-8,14H,9-11H2,(H,19,20). The van der Waals surface area contributed by atoms with Crippen molar-refractivity contribution in [1.82, 2.24) is 0 Å². The molecule has 2 aromatic carbocycles. The van der Waals surface area contributed by atoms with Gasteiger partial charge in [0.15, 0.2) is 19.7 Å². The summed E-state index contributed by atoms with van der Waals surface area (Å²) in [4.78, 5) is 12.3. The Balaban J connectivity index is 1.78. The number of rotatable bonds is 4. The van der Waals surface area contributed by atoms with E-state index >= 15 is 0 Å². The fourth-order valence-electron chi connectivity index (χ4n) is 2.75. The number of carbonyl (C=O) groups is 1. The van der Waals surface area contributed by atoms with E-state index in [1.54, 1.807) is 18.2 Å². The van der Waals surface area contributed by atoms with Crippen LogP contribution in [0.15, 0.2) is 57.9 Å². The first kappa shape index (κ1) is 19.1. The van der Waals surface area contributed by atoms with Crippen LogP contribution in [0.3, 0.4) is 0 Å². The summed E-state index contributed by atoms with van der Waals surface area (Å²) in [5.41, 5.74) is 0.907. The Morgan fingerprint density at radius 3 is 2.31 bits per heavy atom. The number of para-hydroxylation sites is 1. The minimum Gasteiger partial charge on any atom is -0.321 e. The third-order valence-electron chi connectivity index (χ3n) is 4.20. The number of hydrogen-bond donors (Lipinski definition) is 1. The minimum absolute atomic E-state index is 0.0250. The Kier molecular flexibility index (Phi) is 5.23. The third kappa shape index (κ3) is 3.99. The van der Waals surface area contributed by atoms with E-state index in [2.05, 4.69) is 21.2 Å². The van der Waals surface area contributed by atoms with Crippen molar-refractivity contribution >= 4 is 47.2 Å². The van der Waals surface area contributed by atoms with Crippen molar-refractivity contribution in [2.45, 2.75) is 16.6 Å². The van der Waals surface area contributed by atoms with Crippen molar-refractivity contribution in [3.63, 3.8) is 0 Å². The van der Waals surface area contributed by atoms with Crippen LogP contribution in [-0.4, -0.2) is 39.5 Å². The summed E-state index contributed by atoms with van der Waals surface area (Å²) in [5, 5.41) is 1.81. The van der Waals surface area contributed by atoms with Gasteiger partial charge in [-0.3, -0.25) is 4.79 Å². The van der Waals surface area contributed by atoms with Gasteiger partial charge in [0.1, 0.15) is 0 Å². The molecule has 6 nitrogen and oxygen atoms in total. The molecule has 9 heteroatoms. The van der Waals surface area contributed by atoms with Gasteiger partial charge in [-0.2, -0.15) is 0 Å². The third-order valence-corrected chi connectivity index (χ3v) is 9.08. The number of benzene rings is 2. The molecule has 1 atom stereocenters. The van der Waals surface area contributed by atoms with Crippen LogP contribution in [0.4, 0.5) is 5.69 Å². The highest BCUT2D eigenvalue weighted by Gasteiger charge is 2.37. The summed E-state index contributed by atoms with van der Waals surface area (Å²) in [7, 11) is -7.03. The maximum absolute atomic E-state index is 12.6. The molecule has 0 bridgehead atoms. The van der Waals surface area contributed by atoms with Crippen LogP contribution < -0.4 is 5.32 Å². The van der Waals surface area contributed by atoms with E-state index < -0.39 is 24.9 Å². The molecule has 1 amide bonds. The van der Waals surface area contributed by atoms with Gasteiger partial charge in [-0.25, -0.2) is 16.8 Å². The molecule has 1 N–H and O–H groups in total. The van der Waals surface area contributed by atoms with Gasteiger partial charge in [-0.1, -0.05) is 12.1 Å². The van der Waals surface area contributed by atoms with E-state index in [1.807, 2.05) is 6.07 Å².